The highest BCUT2D eigenvalue weighted by Gasteiger charge is 1.96. The molecule has 0 bridgehead atoms. The summed E-state index contributed by atoms with van der Waals surface area (Å²) in [4.78, 5) is 0. The van der Waals surface area contributed by atoms with E-state index in [0.29, 0.717) is 5.75 Å². The van der Waals surface area contributed by atoms with Gasteiger partial charge in [0.15, 0.2) is 0 Å². The number of phenols is 1. The van der Waals surface area contributed by atoms with E-state index in [1.165, 1.54) is 0 Å². The zero-order valence-corrected chi connectivity index (χ0v) is 7.33. The van der Waals surface area contributed by atoms with Gasteiger partial charge in [-0.15, -0.1) is 0 Å². The molecule has 0 atom stereocenters. The van der Waals surface area contributed by atoms with Gasteiger partial charge in [-0.05, 0) is 31.4 Å². The average molecular weight is 162 g/mol. The highest BCUT2D eigenvalue weighted by atomic mass is 16.3. The zero-order valence-electron chi connectivity index (χ0n) is 7.33. The van der Waals surface area contributed by atoms with Crippen molar-refractivity contribution in [3.63, 3.8) is 0 Å². The highest BCUT2D eigenvalue weighted by molar-refractivity contribution is 5.31. The third kappa shape index (κ3) is 2.42. The molecule has 0 aliphatic rings. The number of aryl methyl sites for hydroxylation is 1. The second-order valence-electron chi connectivity index (χ2n) is 2.74. The molecule has 0 spiro atoms. The monoisotopic (exact) mass is 162 g/mol. The van der Waals surface area contributed by atoms with Gasteiger partial charge in [-0.2, -0.15) is 0 Å². The summed E-state index contributed by atoms with van der Waals surface area (Å²) >= 11 is 0. The molecule has 0 amide bonds. The molecule has 0 aliphatic heterocycles. The maximum atomic E-state index is 9.39. The molecule has 0 unspecified atom stereocenters. The first-order chi connectivity index (χ1) is 5.84. The second-order valence-corrected chi connectivity index (χ2v) is 2.74. The number of benzene rings is 1. The van der Waals surface area contributed by atoms with E-state index in [-0.39, 0.29) is 0 Å². The summed E-state index contributed by atoms with van der Waals surface area (Å²) in [7, 11) is 0. The van der Waals surface area contributed by atoms with Crippen LogP contribution in [0.2, 0.25) is 0 Å². The first-order valence-corrected chi connectivity index (χ1v) is 4.22. The van der Waals surface area contributed by atoms with E-state index in [0.717, 1.165) is 18.4 Å². The Morgan fingerprint density at radius 3 is 2.75 bits per heavy atom. The van der Waals surface area contributed by atoms with Crippen LogP contribution in [0.25, 0.3) is 0 Å². The van der Waals surface area contributed by atoms with Gasteiger partial charge in [-0.1, -0.05) is 30.4 Å². The fourth-order valence-corrected chi connectivity index (χ4v) is 1.13. The molecule has 0 radical (unpaired) electrons. The lowest BCUT2D eigenvalue weighted by molar-refractivity contribution is 0.468. The van der Waals surface area contributed by atoms with Crippen LogP contribution in [0.5, 0.6) is 5.75 Å². The smallest absolute Gasteiger partial charge is 0.118 e. The summed E-state index contributed by atoms with van der Waals surface area (Å²) in [6.07, 6.45) is 6.04. The molecule has 1 heteroatoms. The van der Waals surface area contributed by atoms with E-state index in [4.69, 9.17) is 0 Å². The molecule has 1 rings (SSSR count). The number of rotatable bonds is 3. The molecule has 64 valence electrons. The highest BCUT2D eigenvalue weighted by Crippen LogP contribution is 2.17. The van der Waals surface area contributed by atoms with Gasteiger partial charge in [0.2, 0.25) is 0 Å². The van der Waals surface area contributed by atoms with Crippen LogP contribution in [0.4, 0.5) is 0 Å². The van der Waals surface area contributed by atoms with Crippen LogP contribution >= 0.6 is 0 Å². The summed E-state index contributed by atoms with van der Waals surface area (Å²) < 4.78 is 0. The van der Waals surface area contributed by atoms with Gasteiger partial charge in [-0.3, -0.25) is 0 Å². The molecule has 0 saturated heterocycles. The van der Waals surface area contributed by atoms with Crippen molar-refractivity contribution in [2.75, 3.05) is 0 Å². The Morgan fingerprint density at radius 2 is 2.08 bits per heavy atom. The lowest BCUT2D eigenvalue weighted by Crippen LogP contribution is -1.83. The molecular weight excluding hydrogens is 148 g/mol. The number of phenolic OH excluding ortho intramolecular Hbond substituents is 1. The topological polar surface area (TPSA) is 20.2 Å². The predicted molar refractivity (Wildman–Crippen MR) is 51.2 cm³/mol. The maximum absolute atomic E-state index is 9.39. The lowest BCUT2D eigenvalue weighted by Gasteiger charge is -2.00. The molecule has 1 aromatic carbocycles. The molecule has 0 heterocycles. The first kappa shape index (κ1) is 8.85. The zero-order chi connectivity index (χ0) is 8.81. The van der Waals surface area contributed by atoms with Crippen molar-refractivity contribution in [1.29, 1.82) is 0 Å². The normalized spacial score (nSPS) is 10.8. The largest absolute Gasteiger partial charge is 0.508 e. The molecule has 0 aliphatic carbocycles. The Morgan fingerprint density at radius 1 is 1.33 bits per heavy atom. The Labute approximate surface area is 73.4 Å². The molecule has 12 heavy (non-hydrogen) atoms. The third-order valence-electron chi connectivity index (χ3n) is 1.81. The third-order valence-corrected chi connectivity index (χ3v) is 1.81. The summed E-state index contributed by atoms with van der Waals surface area (Å²) in [6, 6.07) is 7.48. The van der Waals surface area contributed by atoms with Gasteiger partial charge in [0.25, 0.3) is 0 Å². The molecule has 1 N–H and O–H groups in total. The van der Waals surface area contributed by atoms with E-state index < -0.39 is 0 Å². The van der Waals surface area contributed by atoms with Gasteiger partial charge >= 0.3 is 0 Å². The fraction of sp³-hybridized carbons (Fsp3) is 0.273. The number of hydrogen-bond acceptors (Lipinski definition) is 1. The van der Waals surface area contributed by atoms with Crippen LogP contribution in [0.1, 0.15) is 18.9 Å². The van der Waals surface area contributed by atoms with Crippen molar-refractivity contribution < 1.29 is 5.11 Å². The Hall–Kier alpha value is -1.24. The van der Waals surface area contributed by atoms with Crippen LogP contribution in [0.15, 0.2) is 36.4 Å². The minimum atomic E-state index is 0.405. The van der Waals surface area contributed by atoms with Crippen molar-refractivity contribution in [2.24, 2.45) is 0 Å². The standard InChI is InChI=1S/C11H14O/c1-2-3-4-7-10-8-5-6-9-11(10)12/h2-3,5-6,8-9,12H,4,7H2,1H3. The van der Waals surface area contributed by atoms with Crippen LogP contribution in [0.3, 0.4) is 0 Å². The van der Waals surface area contributed by atoms with Crippen LogP contribution in [-0.4, -0.2) is 5.11 Å². The van der Waals surface area contributed by atoms with Crippen molar-refractivity contribution in [3.05, 3.63) is 42.0 Å². The number of para-hydroxylation sites is 1. The van der Waals surface area contributed by atoms with E-state index in [1.807, 2.05) is 31.2 Å². The molecule has 1 nitrogen and oxygen atoms in total. The molecular formula is C11H14O. The van der Waals surface area contributed by atoms with Gasteiger partial charge in [0, 0.05) is 0 Å². The molecule has 0 fully saturated rings. The summed E-state index contributed by atoms with van der Waals surface area (Å²) in [5.41, 5.74) is 1.02. The number of aromatic hydroxyl groups is 1. The van der Waals surface area contributed by atoms with E-state index in [1.54, 1.807) is 6.07 Å². The molecule has 1 aromatic rings. The van der Waals surface area contributed by atoms with Gasteiger partial charge in [0.1, 0.15) is 5.75 Å². The first-order valence-electron chi connectivity index (χ1n) is 4.22. The minimum absolute atomic E-state index is 0.405. The SMILES string of the molecule is CC=CCCc1ccccc1O. The van der Waals surface area contributed by atoms with Crippen LogP contribution in [0, 0.1) is 0 Å². The summed E-state index contributed by atoms with van der Waals surface area (Å²) in [6.45, 7) is 2.00. The number of allylic oxidation sites excluding steroid dienone is 2. The van der Waals surface area contributed by atoms with Crippen LogP contribution < -0.4 is 0 Å². The Balaban J connectivity index is 2.57. The number of hydrogen-bond donors (Lipinski definition) is 1. The van der Waals surface area contributed by atoms with Gasteiger partial charge in [-0.25, -0.2) is 0 Å². The van der Waals surface area contributed by atoms with Crippen molar-refractivity contribution in [2.45, 2.75) is 19.8 Å². The van der Waals surface area contributed by atoms with E-state index >= 15 is 0 Å². The quantitative estimate of drug-likeness (QED) is 0.677. The average Bonchev–Trinajstić information content (AvgIpc) is 2.09. The van der Waals surface area contributed by atoms with E-state index in [9.17, 15) is 5.11 Å². The van der Waals surface area contributed by atoms with Crippen LogP contribution in [-0.2, 0) is 6.42 Å². The predicted octanol–water partition coefficient (Wildman–Crippen LogP) is 2.90. The van der Waals surface area contributed by atoms with Crippen molar-refractivity contribution in [3.8, 4) is 5.75 Å². The van der Waals surface area contributed by atoms with Crippen molar-refractivity contribution in [1.82, 2.24) is 0 Å². The lowest BCUT2D eigenvalue weighted by atomic mass is 10.1. The minimum Gasteiger partial charge on any atom is -0.508 e. The van der Waals surface area contributed by atoms with E-state index in [2.05, 4.69) is 6.08 Å². The Kier molecular flexibility index (Phi) is 3.39. The van der Waals surface area contributed by atoms with Gasteiger partial charge in [0.05, 0.1) is 0 Å². The fourth-order valence-electron chi connectivity index (χ4n) is 1.13. The molecule has 0 aromatic heterocycles. The summed E-state index contributed by atoms with van der Waals surface area (Å²) in [5.74, 6) is 0.405. The summed E-state index contributed by atoms with van der Waals surface area (Å²) in [5, 5.41) is 9.39. The maximum Gasteiger partial charge on any atom is 0.118 e. The van der Waals surface area contributed by atoms with Gasteiger partial charge < -0.3 is 5.11 Å². The second kappa shape index (κ2) is 4.60. The Bertz CT molecular complexity index is 263. The van der Waals surface area contributed by atoms with Crippen molar-refractivity contribution >= 4 is 0 Å². The molecule has 0 saturated carbocycles.